The smallest absolute Gasteiger partial charge is 0.0579 e. The van der Waals surface area contributed by atoms with Gasteiger partial charge in [-0.1, -0.05) is 0 Å². The van der Waals surface area contributed by atoms with Gasteiger partial charge < -0.3 is 5.73 Å². The molecule has 0 unspecified atom stereocenters. The average Bonchev–Trinajstić information content (AvgIpc) is 2.77. The minimum atomic E-state index is 0.703. The van der Waals surface area contributed by atoms with E-state index in [1.807, 2.05) is 0 Å². The fourth-order valence-corrected chi connectivity index (χ4v) is 5.59. The van der Waals surface area contributed by atoms with Crippen molar-refractivity contribution < 1.29 is 0 Å². The molecule has 1 heterocycles. The summed E-state index contributed by atoms with van der Waals surface area (Å²) in [6.07, 6.45) is 11.7. The molecule has 0 aliphatic heterocycles. The summed E-state index contributed by atoms with van der Waals surface area (Å²) in [7, 11) is 0. The molecule has 5 rings (SSSR count). The highest BCUT2D eigenvalue weighted by molar-refractivity contribution is 5.18. The Morgan fingerprint density at radius 1 is 1.15 bits per heavy atom. The van der Waals surface area contributed by atoms with Crippen molar-refractivity contribution in [2.24, 2.45) is 29.4 Å². The van der Waals surface area contributed by atoms with Crippen LogP contribution in [-0.4, -0.2) is 16.3 Å². The van der Waals surface area contributed by atoms with Crippen LogP contribution in [0.15, 0.2) is 6.20 Å². The molecule has 0 spiro atoms. The van der Waals surface area contributed by atoms with Crippen LogP contribution in [0.25, 0.3) is 0 Å². The molecule has 3 heteroatoms. The third kappa shape index (κ3) is 1.93. The number of aromatic nitrogens is 2. The Morgan fingerprint density at radius 2 is 1.80 bits per heavy atom. The molecule has 3 nitrogen and oxygen atoms in total. The summed E-state index contributed by atoms with van der Waals surface area (Å²) in [5.41, 5.74) is 8.48. The minimum absolute atomic E-state index is 0.703. The van der Waals surface area contributed by atoms with Gasteiger partial charge in [0, 0.05) is 5.69 Å². The topological polar surface area (TPSA) is 43.8 Å². The van der Waals surface area contributed by atoms with Gasteiger partial charge in [-0.25, -0.2) is 0 Å². The van der Waals surface area contributed by atoms with E-state index in [2.05, 4.69) is 17.8 Å². The molecule has 0 radical (unpaired) electrons. The maximum atomic E-state index is 5.64. The molecular weight excluding hydrogens is 246 g/mol. The molecule has 2 N–H and O–H groups in total. The first kappa shape index (κ1) is 12.9. The van der Waals surface area contributed by atoms with E-state index in [0.717, 1.165) is 43.1 Å². The molecule has 4 aliphatic carbocycles. The quantitative estimate of drug-likeness (QED) is 0.916. The van der Waals surface area contributed by atoms with Gasteiger partial charge >= 0.3 is 0 Å². The predicted molar refractivity (Wildman–Crippen MR) is 80.4 cm³/mol. The number of nitrogens with zero attached hydrogens (tertiary/aromatic N) is 2. The molecule has 20 heavy (non-hydrogen) atoms. The fraction of sp³-hybridized carbons (Fsp3) is 0.824. The zero-order valence-corrected chi connectivity index (χ0v) is 12.6. The zero-order chi connectivity index (χ0) is 13.7. The number of nitrogens with two attached hydrogens (primary N) is 1. The summed E-state index contributed by atoms with van der Waals surface area (Å²) in [4.78, 5) is 0. The highest BCUT2D eigenvalue weighted by Crippen LogP contribution is 2.58. The molecule has 0 aromatic carbocycles. The van der Waals surface area contributed by atoms with Crippen molar-refractivity contribution in [3.63, 3.8) is 0 Å². The lowest BCUT2D eigenvalue weighted by atomic mass is 9.54. The fourth-order valence-electron chi connectivity index (χ4n) is 5.59. The molecular formula is C17H27N3. The van der Waals surface area contributed by atoms with Gasteiger partial charge in [-0.15, -0.1) is 0 Å². The lowest BCUT2D eigenvalue weighted by Gasteiger charge is -2.54. The van der Waals surface area contributed by atoms with Crippen molar-refractivity contribution in [1.29, 1.82) is 0 Å². The molecule has 4 saturated carbocycles. The van der Waals surface area contributed by atoms with Gasteiger partial charge in [0.1, 0.15) is 0 Å². The van der Waals surface area contributed by atoms with Crippen LogP contribution in [0, 0.1) is 30.6 Å². The minimum Gasteiger partial charge on any atom is -0.330 e. The number of hydrogen-bond acceptors (Lipinski definition) is 2. The van der Waals surface area contributed by atoms with Crippen molar-refractivity contribution in [2.75, 3.05) is 6.54 Å². The maximum absolute atomic E-state index is 5.64. The van der Waals surface area contributed by atoms with Crippen molar-refractivity contribution in [1.82, 2.24) is 9.78 Å². The van der Waals surface area contributed by atoms with Crippen LogP contribution < -0.4 is 5.73 Å². The molecule has 4 bridgehead atoms. The maximum Gasteiger partial charge on any atom is 0.0579 e. The standard InChI is InChI=1S/C17H27N3/c1-11-14(3-2-4-18)10-19-20(11)17-15-6-12-5-13(8-15)9-16(17)7-12/h10,12-13,15-17H,2-9,18H2,1H3. The Hall–Kier alpha value is -0.830. The lowest BCUT2D eigenvalue weighted by molar-refractivity contribution is -0.0344. The van der Waals surface area contributed by atoms with Gasteiger partial charge in [0.15, 0.2) is 0 Å². The summed E-state index contributed by atoms with van der Waals surface area (Å²) in [6, 6.07) is 0.703. The molecule has 4 fully saturated rings. The normalized spacial score (nSPS) is 38.6. The molecule has 1 aromatic rings. The second kappa shape index (κ2) is 4.87. The SMILES string of the molecule is Cc1c(CCCN)cnn1C1C2CC3CC(C2)CC1C3. The Labute approximate surface area is 121 Å². The summed E-state index contributed by atoms with van der Waals surface area (Å²) in [6.45, 7) is 3.05. The van der Waals surface area contributed by atoms with Gasteiger partial charge in [-0.3, -0.25) is 4.68 Å². The molecule has 0 saturated heterocycles. The zero-order valence-electron chi connectivity index (χ0n) is 12.6. The largest absolute Gasteiger partial charge is 0.330 e. The van der Waals surface area contributed by atoms with Gasteiger partial charge in [-0.2, -0.15) is 5.10 Å². The van der Waals surface area contributed by atoms with Crippen molar-refractivity contribution in [3.05, 3.63) is 17.5 Å². The molecule has 4 aliphatic rings. The summed E-state index contributed by atoms with van der Waals surface area (Å²) in [5, 5.41) is 4.79. The van der Waals surface area contributed by atoms with Crippen LogP contribution in [0.5, 0.6) is 0 Å². The third-order valence-corrected chi connectivity index (χ3v) is 6.26. The van der Waals surface area contributed by atoms with Gasteiger partial charge in [0.05, 0.1) is 12.2 Å². The second-order valence-electron chi connectivity index (χ2n) is 7.51. The van der Waals surface area contributed by atoms with Crippen LogP contribution in [0.3, 0.4) is 0 Å². The van der Waals surface area contributed by atoms with E-state index in [-0.39, 0.29) is 0 Å². The van der Waals surface area contributed by atoms with Crippen molar-refractivity contribution in [2.45, 2.75) is 57.9 Å². The monoisotopic (exact) mass is 273 g/mol. The van der Waals surface area contributed by atoms with Gasteiger partial charge in [0.25, 0.3) is 0 Å². The first-order valence-corrected chi connectivity index (χ1v) is 8.49. The van der Waals surface area contributed by atoms with Crippen LogP contribution in [0.1, 0.15) is 55.8 Å². The van der Waals surface area contributed by atoms with Crippen molar-refractivity contribution >= 4 is 0 Å². The van der Waals surface area contributed by atoms with E-state index in [1.165, 1.54) is 43.4 Å². The predicted octanol–water partition coefficient (Wildman–Crippen LogP) is 3.08. The molecule has 1 aromatic heterocycles. The lowest BCUT2D eigenvalue weighted by Crippen LogP contribution is -2.46. The highest BCUT2D eigenvalue weighted by Gasteiger charge is 2.49. The molecule has 110 valence electrons. The van der Waals surface area contributed by atoms with E-state index in [0.29, 0.717) is 6.04 Å². The van der Waals surface area contributed by atoms with E-state index in [4.69, 9.17) is 10.8 Å². The van der Waals surface area contributed by atoms with E-state index in [1.54, 1.807) is 0 Å². The van der Waals surface area contributed by atoms with Crippen LogP contribution in [0.2, 0.25) is 0 Å². The Bertz CT molecular complexity index is 462. The van der Waals surface area contributed by atoms with Gasteiger partial charge in [0.2, 0.25) is 0 Å². The number of hydrogen-bond donors (Lipinski definition) is 1. The summed E-state index contributed by atoms with van der Waals surface area (Å²) >= 11 is 0. The second-order valence-corrected chi connectivity index (χ2v) is 7.51. The van der Waals surface area contributed by atoms with E-state index < -0.39 is 0 Å². The highest BCUT2D eigenvalue weighted by atomic mass is 15.3. The first-order valence-electron chi connectivity index (χ1n) is 8.49. The van der Waals surface area contributed by atoms with Crippen molar-refractivity contribution in [3.8, 4) is 0 Å². The number of rotatable bonds is 4. The van der Waals surface area contributed by atoms with E-state index >= 15 is 0 Å². The van der Waals surface area contributed by atoms with E-state index in [9.17, 15) is 0 Å². The first-order chi connectivity index (χ1) is 9.76. The summed E-state index contributed by atoms with van der Waals surface area (Å²) in [5.74, 6) is 3.90. The Morgan fingerprint density at radius 3 is 2.40 bits per heavy atom. The average molecular weight is 273 g/mol. The number of aryl methyl sites for hydroxylation is 1. The third-order valence-electron chi connectivity index (χ3n) is 6.26. The Kier molecular flexibility index (Phi) is 3.13. The van der Waals surface area contributed by atoms with Gasteiger partial charge in [-0.05, 0) is 87.6 Å². The Balaban J connectivity index is 1.60. The molecule has 0 amide bonds. The van der Waals surface area contributed by atoms with Crippen LogP contribution >= 0.6 is 0 Å². The summed E-state index contributed by atoms with van der Waals surface area (Å²) < 4.78 is 2.40. The van der Waals surface area contributed by atoms with Crippen LogP contribution in [0.4, 0.5) is 0 Å². The van der Waals surface area contributed by atoms with Crippen LogP contribution in [-0.2, 0) is 6.42 Å². The molecule has 0 atom stereocenters.